The maximum atomic E-state index is 10.3. The third kappa shape index (κ3) is 4.84. The van der Waals surface area contributed by atoms with Crippen LogP contribution in [0.5, 0.6) is 0 Å². The van der Waals surface area contributed by atoms with Gasteiger partial charge in [0.15, 0.2) is 0 Å². The molecule has 0 radical (unpaired) electrons. The third-order valence-electron chi connectivity index (χ3n) is 2.27. The highest BCUT2D eigenvalue weighted by Crippen LogP contribution is 2.10. The molecule has 0 saturated carbocycles. The highest BCUT2D eigenvalue weighted by Gasteiger charge is 2.04. The summed E-state index contributed by atoms with van der Waals surface area (Å²) in [5, 5.41) is 9.47. The second kappa shape index (κ2) is 6.46. The van der Waals surface area contributed by atoms with Crippen molar-refractivity contribution in [2.75, 3.05) is 0 Å². The lowest BCUT2D eigenvalue weighted by Gasteiger charge is -2.09. The van der Waals surface area contributed by atoms with Crippen molar-refractivity contribution >= 4 is 17.6 Å². The molecule has 15 heavy (non-hydrogen) atoms. The molecule has 0 heterocycles. The second-order valence-electron chi connectivity index (χ2n) is 3.52. The van der Waals surface area contributed by atoms with Crippen LogP contribution >= 0.6 is 11.6 Å². The minimum Gasteiger partial charge on any atom is -0.549 e. The highest BCUT2D eigenvalue weighted by molar-refractivity contribution is 6.29. The molecule has 0 amide bonds. The number of carboxylic acid groups (broad SMARTS) is 1. The average molecular weight is 226 g/mol. The van der Waals surface area contributed by atoms with E-state index in [4.69, 9.17) is 11.6 Å². The van der Waals surface area contributed by atoms with Crippen molar-refractivity contribution in [3.05, 3.63) is 35.9 Å². The number of carboxylic acids is 1. The Hall–Kier alpha value is -1.02. The van der Waals surface area contributed by atoms with Gasteiger partial charge in [-0.15, -0.1) is 11.6 Å². The Kier molecular flexibility index (Phi) is 5.19. The molecular weight excluding hydrogens is 212 g/mol. The van der Waals surface area contributed by atoms with Crippen LogP contribution in [-0.2, 0) is 11.2 Å². The number of rotatable bonds is 6. The van der Waals surface area contributed by atoms with Crippen molar-refractivity contribution in [3.63, 3.8) is 0 Å². The molecule has 2 nitrogen and oxygen atoms in total. The smallest absolute Gasteiger partial charge is 0.0730 e. The Morgan fingerprint density at radius 1 is 1.27 bits per heavy atom. The fourth-order valence-electron chi connectivity index (χ4n) is 1.42. The molecule has 1 atom stereocenters. The number of aliphatic carboxylic acids is 1. The zero-order valence-electron chi connectivity index (χ0n) is 8.49. The summed E-state index contributed by atoms with van der Waals surface area (Å²) in [6.45, 7) is 0. The van der Waals surface area contributed by atoms with Gasteiger partial charge in [-0.3, -0.25) is 0 Å². The summed E-state index contributed by atoms with van der Waals surface area (Å²) in [6, 6.07) is 10.1. The van der Waals surface area contributed by atoms with E-state index in [1.807, 2.05) is 18.2 Å². The number of carbonyl (C=O) groups excluding carboxylic acids is 1. The minimum absolute atomic E-state index is 0.483. The zero-order valence-corrected chi connectivity index (χ0v) is 9.24. The summed E-state index contributed by atoms with van der Waals surface area (Å²) in [5.41, 5.74) is 1.28. The average Bonchev–Trinajstić information content (AvgIpc) is 2.25. The van der Waals surface area contributed by atoms with Gasteiger partial charge >= 0.3 is 0 Å². The maximum absolute atomic E-state index is 10.3. The SMILES string of the molecule is O=C([O-])C(Cl)CCCCc1ccccc1. The van der Waals surface area contributed by atoms with Gasteiger partial charge in [0.2, 0.25) is 0 Å². The van der Waals surface area contributed by atoms with E-state index >= 15 is 0 Å². The fraction of sp³-hybridized carbons (Fsp3) is 0.417. The van der Waals surface area contributed by atoms with Crippen molar-refractivity contribution in [3.8, 4) is 0 Å². The summed E-state index contributed by atoms with van der Waals surface area (Å²) in [7, 11) is 0. The molecule has 0 aliphatic rings. The summed E-state index contributed by atoms with van der Waals surface area (Å²) >= 11 is 5.54. The number of unbranched alkanes of at least 4 members (excludes halogenated alkanes) is 1. The molecule has 82 valence electrons. The second-order valence-corrected chi connectivity index (χ2v) is 4.04. The minimum atomic E-state index is -1.17. The van der Waals surface area contributed by atoms with Gasteiger partial charge in [0.1, 0.15) is 0 Å². The van der Waals surface area contributed by atoms with E-state index < -0.39 is 11.3 Å². The molecule has 0 fully saturated rings. The van der Waals surface area contributed by atoms with Crippen LogP contribution in [0.4, 0.5) is 0 Å². The van der Waals surface area contributed by atoms with Crippen LogP contribution < -0.4 is 5.11 Å². The zero-order chi connectivity index (χ0) is 11.1. The van der Waals surface area contributed by atoms with E-state index in [2.05, 4.69) is 12.1 Å². The van der Waals surface area contributed by atoms with Gasteiger partial charge in [0.25, 0.3) is 0 Å². The first-order chi connectivity index (χ1) is 7.20. The summed E-state index contributed by atoms with van der Waals surface area (Å²) in [6.07, 6.45) is 3.23. The van der Waals surface area contributed by atoms with E-state index in [1.54, 1.807) is 0 Å². The van der Waals surface area contributed by atoms with Crippen LogP contribution in [0.25, 0.3) is 0 Å². The van der Waals surface area contributed by atoms with Crippen molar-refractivity contribution in [2.24, 2.45) is 0 Å². The lowest BCUT2D eigenvalue weighted by molar-refractivity contribution is -0.305. The van der Waals surface area contributed by atoms with Gasteiger partial charge in [0.05, 0.1) is 11.3 Å². The van der Waals surface area contributed by atoms with Crippen molar-refractivity contribution in [1.29, 1.82) is 0 Å². The first kappa shape index (κ1) is 12.1. The van der Waals surface area contributed by atoms with E-state index in [0.29, 0.717) is 6.42 Å². The number of halogens is 1. The van der Waals surface area contributed by atoms with E-state index in [0.717, 1.165) is 19.3 Å². The Bertz CT molecular complexity index is 298. The quantitative estimate of drug-likeness (QED) is 0.547. The van der Waals surface area contributed by atoms with Gasteiger partial charge in [-0.05, 0) is 24.8 Å². The molecule has 0 aliphatic heterocycles. The van der Waals surface area contributed by atoms with Crippen molar-refractivity contribution in [2.45, 2.75) is 31.1 Å². The number of carbonyl (C=O) groups is 1. The predicted octanol–water partition coefficient (Wildman–Crippen LogP) is 1.76. The topological polar surface area (TPSA) is 40.1 Å². The van der Waals surface area contributed by atoms with Gasteiger partial charge in [0, 0.05) is 0 Å². The normalized spacial score (nSPS) is 12.3. The van der Waals surface area contributed by atoms with Crippen LogP contribution in [0, 0.1) is 0 Å². The van der Waals surface area contributed by atoms with E-state index in [9.17, 15) is 9.90 Å². The molecule has 0 saturated heterocycles. The predicted molar refractivity (Wildman–Crippen MR) is 58.6 cm³/mol. The van der Waals surface area contributed by atoms with Crippen LogP contribution in [0.1, 0.15) is 24.8 Å². The van der Waals surface area contributed by atoms with Crippen LogP contribution in [0.2, 0.25) is 0 Å². The Morgan fingerprint density at radius 3 is 2.53 bits per heavy atom. The monoisotopic (exact) mass is 225 g/mol. The first-order valence-electron chi connectivity index (χ1n) is 5.09. The molecule has 1 unspecified atom stereocenters. The molecule has 1 rings (SSSR count). The molecule has 0 bridgehead atoms. The molecule has 3 heteroatoms. The van der Waals surface area contributed by atoms with Gasteiger partial charge < -0.3 is 9.90 Å². The van der Waals surface area contributed by atoms with Crippen LogP contribution in [-0.4, -0.2) is 11.3 Å². The Balaban J connectivity index is 2.15. The lowest BCUT2D eigenvalue weighted by Crippen LogP contribution is -2.31. The fourth-order valence-corrected chi connectivity index (χ4v) is 1.57. The number of benzene rings is 1. The number of hydrogen-bond donors (Lipinski definition) is 0. The Labute approximate surface area is 94.9 Å². The van der Waals surface area contributed by atoms with Crippen LogP contribution in [0.15, 0.2) is 30.3 Å². The molecule has 0 aromatic heterocycles. The largest absolute Gasteiger partial charge is 0.549 e. The molecule has 1 aromatic rings. The number of alkyl halides is 1. The van der Waals surface area contributed by atoms with Gasteiger partial charge in [-0.1, -0.05) is 36.8 Å². The van der Waals surface area contributed by atoms with Gasteiger partial charge in [-0.25, -0.2) is 0 Å². The highest BCUT2D eigenvalue weighted by atomic mass is 35.5. The summed E-state index contributed by atoms with van der Waals surface area (Å²) in [5.74, 6) is -1.17. The summed E-state index contributed by atoms with van der Waals surface area (Å²) in [4.78, 5) is 10.3. The molecule has 0 N–H and O–H groups in total. The lowest BCUT2D eigenvalue weighted by atomic mass is 10.1. The molecule has 0 aliphatic carbocycles. The Morgan fingerprint density at radius 2 is 1.93 bits per heavy atom. The maximum Gasteiger partial charge on any atom is 0.0730 e. The standard InChI is InChI=1S/C12H15ClO2/c13-11(12(14)15)9-5-4-8-10-6-2-1-3-7-10/h1-3,6-7,11H,4-5,8-9H2,(H,14,15)/p-1. The molecule has 0 spiro atoms. The summed E-state index contributed by atoms with van der Waals surface area (Å²) < 4.78 is 0. The number of hydrogen-bond acceptors (Lipinski definition) is 2. The molecule has 1 aromatic carbocycles. The first-order valence-corrected chi connectivity index (χ1v) is 5.52. The van der Waals surface area contributed by atoms with Crippen molar-refractivity contribution in [1.82, 2.24) is 0 Å². The molecular formula is C12H14ClO2-. The van der Waals surface area contributed by atoms with Crippen LogP contribution in [0.3, 0.4) is 0 Å². The van der Waals surface area contributed by atoms with E-state index in [1.165, 1.54) is 5.56 Å². The third-order valence-corrected chi connectivity index (χ3v) is 2.67. The van der Waals surface area contributed by atoms with Gasteiger partial charge in [-0.2, -0.15) is 0 Å². The van der Waals surface area contributed by atoms with E-state index in [-0.39, 0.29) is 0 Å². The van der Waals surface area contributed by atoms with Crippen molar-refractivity contribution < 1.29 is 9.90 Å². The number of aryl methyl sites for hydroxylation is 1.